The number of nitrogens with two attached hydrogens (primary N) is 1. The highest BCUT2D eigenvalue weighted by atomic mass is 15.0. The van der Waals surface area contributed by atoms with Gasteiger partial charge in [-0.2, -0.15) is 0 Å². The van der Waals surface area contributed by atoms with Gasteiger partial charge in [0.15, 0.2) is 0 Å². The monoisotopic (exact) mass is 248 g/mol. The van der Waals surface area contributed by atoms with Crippen LogP contribution in [0.5, 0.6) is 0 Å². The minimum absolute atomic E-state index is 0.467. The smallest absolute Gasteiger partial charge is 0.0103 e. The zero-order valence-corrected chi connectivity index (χ0v) is 11.5. The van der Waals surface area contributed by atoms with Gasteiger partial charge in [0.05, 0.1) is 0 Å². The van der Waals surface area contributed by atoms with Crippen LogP contribution >= 0.6 is 0 Å². The molecule has 0 aliphatic heterocycles. The highest BCUT2D eigenvalue weighted by molar-refractivity contribution is 5.06. The van der Waals surface area contributed by atoms with Gasteiger partial charge in [-0.3, -0.25) is 0 Å². The molecule has 4 aliphatic rings. The summed E-state index contributed by atoms with van der Waals surface area (Å²) in [6.45, 7) is 0. The van der Waals surface area contributed by atoms with Crippen molar-refractivity contribution in [3.63, 3.8) is 0 Å². The lowest BCUT2D eigenvalue weighted by atomic mass is 9.78. The average Bonchev–Trinajstić information content (AvgIpc) is 2.99. The van der Waals surface area contributed by atoms with E-state index in [9.17, 15) is 0 Å². The Morgan fingerprint density at radius 1 is 0.778 bits per heavy atom. The minimum atomic E-state index is 0.467. The van der Waals surface area contributed by atoms with Gasteiger partial charge in [0.1, 0.15) is 0 Å². The first kappa shape index (κ1) is 11.7. The van der Waals surface area contributed by atoms with E-state index < -0.39 is 0 Å². The Bertz CT molecular complexity index is 316. The van der Waals surface area contributed by atoms with Crippen molar-refractivity contribution in [2.45, 2.75) is 75.9 Å². The molecule has 0 radical (unpaired) electrons. The maximum Gasteiger partial charge on any atom is 0.0103 e. The summed E-state index contributed by atoms with van der Waals surface area (Å²) in [5.74, 6) is 4.33. The Morgan fingerprint density at radius 3 is 2.50 bits per heavy atom. The second kappa shape index (κ2) is 4.49. The van der Waals surface area contributed by atoms with E-state index >= 15 is 0 Å². The van der Waals surface area contributed by atoms with Gasteiger partial charge >= 0.3 is 0 Å². The third-order valence-electron chi connectivity index (χ3n) is 6.59. The number of fused-ring (bicyclic) bond motifs is 5. The Labute approximate surface area is 111 Å². The summed E-state index contributed by atoms with van der Waals surface area (Å²) in [6.07, 6.45) is 12.8. The summed E-state index contributed by atoms with van der Waals surface area (Å²) < 4.78 is 0. The largest absolute Gasteiger partial charge is 0.328 e. The van der Waals surface area contributed by atoms with Gasteiger partial charge in [0.25, 0.3) is 0 Å². The standard InChI is InChI=1S/C16H28N2/c17-11-3-1-4-12(9-11)18-16-8-10-7-15(16)14-6-2-5-13(10)14/h10-16,18H,1-9,17H2. The number of rotatable bonds is 2. The SMILES string of the molecule is NC1CCCC(NC2CC3CC2C2CCCC32)C1. The van der Waals surface area contributed by atoms with Gasteiger partial charge in [0.2, 0.25) is 0 Å². The lowest BCUT2D eigenvalue weighted by Gasteiger charge is -2.37. The topological polar surface area (TPSA) is 38.0 Å². The highest BCUT2D eigenvalue weighted by Crippen LogP contribution is 2.58. The van der Waals surface area contributed by atoms with Crippen molar-refractivity contribution in [1.29, 1.82) is 0 Å². The average molecular weight is 248 g/mol. The first-order valence-corrected chi connectivity index (χ1v) is 8.33. The molecule has 18 heavy (non-hydrogen) atoms. The maximum atomic E-state index is 6.12. The predicted molar refractivity (Wildman–Crippen MR) is 74.2 cm³/mol. The molecule has 0 aromatic carbocycles. The van der Waals surface area contributed by atoms with Crippen LogP contribution in [0.25, 0.3) is 0 Å². The first-order valence-electron chi connectivity index (χ1n) is 8.33. The third kappa shape index (κ3) is 1.84. The van der Waals surface area contributed by atoms with Crippen molar-refractivity contribution in [3.8, 4) is 0 Å². The molecular formula is C16H28N2. The van der Waals surface area contributed by atoms with Crippen LogP contribution in [0.1, 0.15) is 57.8 Å². The van der Waals surface area contributed by atoms with Crippen LogP contribution in [0.4, 0.5) is 0 Å². The van der Waals surface area contributed by atoms with Crippen molar-refractivity contribution >= 4 is 0 Å². The predicted octanol–water partition coefficient (Wildman–Crippen LogP) is 2.67. The van der Waals surface area contributed by atoms with E-state index in [-0.39, 0.29) is 0 Å². The summed E-state index contributed by atoms with van der Waals surface area (Å²) in [5.41, 5.74) is 6.12. The molecule has 7 atom stereocenters. The Hall–Kier alpha value is -0.0800. The van der Waals surface area contributed by atoms with Crippen LogP contribution in [0, 0.1) is 23.7 Å². The third-order valence-corrected chi connectivity index (χ3v) is 6.59. The van der Waals surface area contributed by atoms with Crippen molar-refractivity contribution in [3.05, 3.63) is 0 Å². The van der Waals surface area contributed by atoms with Gasteiger partial charge < -0.3 is 11.1 Å². The fourth-order valence-corrected chi connectivity index (χ4v) is 5.94. The fraction of sp³-hybridized carbons (Fsp3) is 1.00. The second-order valence-electron chi connectivity index (χ2n) is 7.55. The summed E-state index contributed by atoms with van der Waals surface area (Å²) in [6, 6.07) is 2.05. The van der Waals surface area contributed by atoms with Crippen LogP contribution in [0.15, 0.2) is 0 Å². The first-order chi connectivity index (χ1) is 8.81. The molecule has 4 saturated carbocycles. The molecule has 2 nitrogen and oxygen atoms in total. The lowest BCUT2D eigenvalue weighted by Crippen LogP contribution is -2.48. The highest BCUT2D eigenvalue weighted by Gasteiger charge is 2.53. The number of hydrogen-bond donors (Lipinski definition) is 2. The van der Waals surface area contributed by atoms with Crippen LogP contribution in [-0.4, -0.2) is 18.1 Å². The van der Waals surface area contributed by atoms with E-state index in [0.29, 0.717) is 6.04 Å². The van der Waals surface area contributed by atoms with Gasteiger partial charge in [0, 0.05) is 18.1 Å². The van der Waals surface area contributed by atoms with E-state index in [2.05, 4.69) is 5.32 Å². The van der Waals surface area contributed by atoms with E-state index in [4.69, 9.17) is 5.73 Å². The second-order valence-corrected chi connectivity index (χ2v) is 7.55. The molecule has 0 amide bonds. The van der Waals surface area contributed by atoms with E-state index in [0.717, 1.165) is 35.8 Å². The van der Waals surface area contributed by atoms with E-state index in [1.807, 2.05) is 0 Å². The summed E-state index contributed by atoms with van der Waals surface area (Å²) in [5, 5.41) is 4.01. The minimum Gasteiger partial charge on any atom is -0.328 e. The van der Waals surface area contributed by atoms with Gasteiger partial charge in [-0.05, 0) is 68.6 Å². The molecule has 4 fully saturated rings. The Balaban J connectivity index is 1.39. The fourth-order valence-electron chi connectivity index (χ4n) is 5.94. The molecule has 4 rings (SSSR count). The zero-order valence-electron chi connectivity index (χ0n) is 11.5. The molecule has 7 unspecified atom stereocenters. The number of nitrogens with one attached hydrogen (secondary N) is 1. The Kier molecular flexibility index (Phi) is 2.92. The molecule has 102 valence electrons. The van der Waals surface area contributed by atoms with Crippen LogP contribution < -0.4 is 11.1 Å². The van der Waals surface area contributed by atoms with Crippen molar-refractivity contribution in [2.24, 2.45) is 29.4 Å². The van der Waals surface area contributed by atoms with Crippen molar-refractivity contribution in [2.75, 3.05) is 0 Å². The van der Waals surface area contributed by atoms with E-state index in [1.54, 1.807) is 12.8 Å². The number of hydrogen-bond acceptors (Lipinski definition) is 2. The van der Waals surface area contributed by atoms with Gasteiger partial charge in [-0.25, -0.2) is 0 Å². The molecule has 4 aliphatic carbocycles. The van der Waals surface area contributed by atoms with Gasteiger partial charge in [-0.1, -0.05) is 12.8 Å². The van der Waals surface area contributed by atoms with Crippen molar-refractivity contribution < 1.29 is 0 Å². The molecule has 0 aromatic rings. The van der Waals surface area contributed by atoms with Crippen LogP contribution in [-0.2, 0) is 0 Å². The molecular weight excluding hydrogens is 220 g/mol. The molecule has 0 saturated heterocycles. The maximum absolute atomic E-state index is 6.12. The zero-order chi connectivity index (χ0) is 12.1. The van der Waals surface area contributed by atoms with Gasteiger partial charge in [-0.15, -0.1) is 0 Å². The van der Waals surface area contributed by atoms with E-state index in [1.165, 1.54) is 44.9 Å². The quantitative estimate of drug-likeness (QED) is 0.788. The van der Waals surface area contributed by atoms with Crippen LogP contribution in [0.2, 0.25) is 0 Å². The summed E-state index contributed by atoms with van der Waals surface area (Å²) in [4.78, 5) is 0. The molecule has 2 heteroatoms. The normalized spacial score (nSPS) is 54.8. The Morgan fingerprint density at radius 2 is 1.61 bits per heavy atom. The molecule has 3 N–H and O–H groups in total. The summed E-state index contributed by atoms with van der Waals surface area (Å²) in [7, 11) is 0. The molecule has 0 spiro atoms. The lowest BCUT2D eigenvalue weighted by molar-refractivity contribution is 0.185. The van der Waals surface area contributed by atoms with Crippen LogP contribution in [0.3, 0.4) is 0 Å². The molecule has 2 bridgehead atoms. The molecule has 0 aromatic heterocycles. The van der Waals surface area contributed by atoms with Crippen molar-refractivity contribution in [1.82, 2.24) is 5.32 Å². The molecule has 0 heterocycles. The summed E-state index contributed by atoms with van der Waals surface area (Å²) >= 11 is 0.